The van der Waals surface area contributed by atoms with E-state index in [1.54, 1.807) is 0 Å². The van der Waals surface area contributed by atoms with Crippen molar-refractivity contribution in [2.45, 2.75) is 63.5 Å². The van der Waals surface area contributed by atoms with Gasteiger partial charge in [0, 0.05) is 18.5 Å². The molecule has 0 aromatic carbocycles. The Balaban J connectivity index is 1.61. The molecule has 5 nitrogen and oxygen atoms in total. The first-order valence-electron chi connectivity index (χ1n) is 7.54. The number of hydrogen-bond acceptors (Lipinski definition) is 5. The van der Waals surface area contributed by atoms with E-state index >= 15 is 0 Å². The van der Waals surface area contributed by atoms with Gasteiger partial charge in [-0.25, -0.2) is 0 Å². The zero-order valence-electron chi connectivity index (χ0n) is 11.4. The quantitative estimate of drug-likeness (QED) is 0.853. The minimum atomic E-state index is 0.195. The van der Waals surface area contributed by atoms with Gasteiger partial charge in [-0.15, -0.1) is 0 Å². The summed E-state index contributed by atoms with van der Waals surface area (Å²) < 4.78 is 5.35. The Kier molecular flexibility index (Phi) is 4.13. The standard InChI is InChI=1S/C14H23N3O2/c18-9-8-17(12-4-2-1-3-5-12)10-13-15-14(16-19-13)11-6-7-11/h11-12,18H,1-10H2. The summed E-state index contributed by atoms with van der Waals surface area (Å²) in [4.78, 5) is 6.80. The van der Waals surface area contributed by atoms with Crippen molar-refractivity contribution >= 4 is 0 Å². The van der Waals surface area contributed by atoms with Gasteiger partial charge in [0.25, 0.3) is 0 Å². The van der Waals surface area contributed by atoms with E-state index in [0.29, 0.717) is 30.9 Å². The van der Waals surface area contributed by atoms with Crippen molar-refractivity contribution in [3.8, 4) is 0 Å². The van der Waals surface area contributed by atoms with Crippen LogP contribution in [0.1, 0.15) is 62.6 Å². The maximum absolute atomic E-state index is 9.24. The van der Waals surface area contributed by atoms with E-state index in [-0.39, 0.29) is 6.61 Å². The fraction of sp³-hybridized carbons (Fsp3) is 0.857. The molecule has 2 fully saturated rings. The summed E-state index contributed by atoms with van der Waals surface area (Å²) in [6, 6.07) is 0.567. The highest BCUT2D eigenvalue weighted by atomic mass is 16.5. The Bertz CT molecular complexity index is 397. The molecule has 0 atom stereocenters. The van der Waals surface area contributed by atoms with E-state index in [1.807, 2.05) is 0 Å². The van der Waals surface area contributed by atoms with Gasteiger partial charge < -0.3 is 9.63 Å². The fourth-order valence-corrected chi connectivity index (χ4v) is 2.98. The predicted octanol–water partition coefficient (Wildman–Crippen LogP) is 2.07. The molecule has 3 rings (SSSR count). The van der Waals surface area contributed by atoms with Crippen LogP contribution in [-0.4, -0.2) is 39.3 Å². The molecule has 2 aliphatic rings. The van der Waals surface area contributed by atoms with Crippen molar-refractivity contribution in [2.24, 2.45) is 0 Å². The van der Waals surface area contributed by atoms with Crippen LogP contribution in [0, 0.1) is 0 Å². The number of aromatic nitrogens is 2. The third kappa shape index (κ3) is 3.34. The average molecular weight is 265 g/mol. The summed E-state index contributed by atoms with van der Waals surface area (Å²) in [5, 5.41) is 13.3. The van der Waals surface area contributed by atoms with Crippen LogP contribution in [0.3, 0.4) is 0 Å². The molecule has 106 valence electrons. The summed E-state index contributed by atoms with van der Waals surface area (Å²) in [5.74, 6) is 2.13. The molecule has 19 heavy (non-hydrogen) atoms. The lowest BCUT2D eigenvalue weighted by Crippen LogP contribution is -2.38. The van der Waals surface area contributed by atoms with Crippen molar-refractivity contribution in [1.29, 1.82) is 0 Å². The molecule has 1 aromatic heterocycles. The molecule has 2 aliphatic carbocycles. The Morgan fingerprint density at radius 3 is 2.63 bits per heavy atom. The molecule has 1 aromatic rings. The molecule has 0 aliphatic heterocycles. The minimum Gasteiger partial charge on any atom is -0.395 e. The topological polar surface area (TPSA) is 62.4 Å². The van der Waals surface area contributed by atoms with Gasteiger partial charge >= 0.3 is 0 Å². The largest absolute Gasteiger partial charge is 0.395 e. The number of aliphatic hydroxyl groups is 1. The van der Waals surface area contributed by atoms with E-state index in [9.17, 15) is 5.11 Å². The Hall–Kier alpha value is -0.940. The molecule has 0 amide bonds. The van der Waals surface area contributed by atoms with Crippen LogP contribution in [0.25, 0.3) is 0 Å². The van der Waals surface area contributed by atoms with E-state index in [4.69, 9.17) is 4.52 Å². The van der Waals surface area contributed by atoms with Crippen molar-refractivity contribution < 1.29 is 9.63 Å². The molecular weight excluding hydrogens is 242 g/mol. The second kappa shape index (κ2) is 6.01. The summed E-state index contributed by atoms with van der Waals surface area (Å²) in [7, 11) is 0. The van der Waals surface area contributed by atoms with Gasteiger partial charge in [0.2, 0.25) is 5.89 Å². The van der Waals surface area contributed by atoms with E-state index < -0.39 is 0 Å². The summed E-state index contributed by atoms with van der Waals surface area (Å²) in [6.07, 6.45) is 8.78. The van der Waals surface area contributed by atoms with Crippen LogP contribution in [0.2, 0.25) is 0 Å². The molecule has 2 saturated carbocycles. The minimum absolute atomic E-state index is 0.195. The highest BCUT2D eigenvalue weighted by Crippen LogP contribution is 2.38. The van der Waals surface area contributed by atoms with Crippen molar-refractivity contribution in [3.05, 3.63) is 11.7 Å². The van der Waals surface area contributed by atoms with Gasteiger partial charge in [-0.2, -0.15) is 4.98 Å². The lowest BCUT2D eigenvalue weighted by molar-refractivity contribution is 0.105. The summed E-state index contributed by atoms with van der Waals surface area (Å²) in [5.41, 5.74) is 0. The second-order valence-electron chi connectivity index (χ2n) is 5.81. The normalized spacial score (nSPS) is 21.2. The van der Waals surface area contributed by atoms with Crippen molar-refractivity contribution in [3.63, 3.8) is 0 Å². The third-order valence-corrected chi connectivity index (χ3v) is 4.24. The molecule has 0 unspecified atom stereocenters. The Morgan fingerprint density at radius 1 is 1.16 bits per heavy atom. The maximum Gasteiger partial charge on any atom is 0.240 e. The fourth-order valence-electron chi connectivity index (χ4n) is 2.98. The smallest absolute Gasteiger partial charge is 0.240 e. The van der Waals surface area contributed by atoms with E-state index in [2.05, 4.69) is 15.0 Å². The van der Waals surface area contributed by atoms with Crippen LogP contribution < -0.4 is 0 Å². The molecular formula is C14H23N3O2. The molecule has 5 heteroatoms. The Morgan fingerprint density at radius 2 is 1.95 bits per heavy atom. The number of nitrogens with zero attached hydrogens (tertiary/aromatic N) is 3. The zero-order chi connectivity index (χ0) is 13.1. The highest BCUT2D eigenvalue weighted by molar-refractivity contribution is 5.03. The first-order chi connectivity index (χ1) is 9.36. The molecule has 1 N–H and O–H groups in total. The van der Waals surface area contributed by atoms with Gasteiger partial charge in [0.15, 0.2) is 5.82 Å². The first kappa shape index (κ1) is 13.1. The molecule has 0 saturated heterocycles. The van der Waals surface area contributed by atoms with Crippen LogP contribution in [0.15, 0.2) is 4.52 Å². The molecule has 0 spiro atoms. The van der Waals surface area contributed by atoms with Gasteiger partial charge in [-0.1, -0.05) is 24.4 Å². The maximum atomic E-state index is 9.24. The Labute approximate surface area is 114 Å². The molecule has 0 radical (unpaired) electrons. The molecule has 0 bridgehead atoms. The van der Waals surface area contributed by atoms with Gasteiger partial charge in [0.1, 0.15) is 0 Å². The van der Waals surface area contributed by atoms with Crippen LogP contribution in [-0.2, 0) is 6.54 Å². The third-order valence-electron chi connectivity index (χ3n) is 4.24. The first-order valence-corrected chi connectivity index (χ1v) is 7.54. The number of aliphatic hydroxyl groups excluding tert-OH is 1. The van der Waals surface area contributed by atoms with E-state index in [1.165, 1.54) is 44.9 Å². The SMILES string of the molecule is OCCN(Cc1nc(C2CC2)no1)C1CCCCC1. The predicted molar refractivity (Wildman–Crippen MR) is 70.6 cm³/mol. The zero-order valence-corrected chi connectivity index (χ0v) is 11.4. The second-order valence-corrected chi connectivity index (χ2v) is 5.81. The lowest BCUT2D eigenvalue weighted by Gasteiger charge is -2.32. The van der Waals surface area contributed by atoms with Gasteiger partial charge in [-0.05, 0) is 25.7 Å². The van der Waals surface area contributed by atoms with Gasteiger partial charge in [-0.3, -0.25) is 4.90 Å². The van der Waals surface area contributed by atoms with Crippen molar-refractivity contribution in [2.75, 3.05) is 13.2 Å². The van der Waals surface area contributed by atoms with Gasteiger partial charge in [0.05, 0.1) is 13.2 Å². The molecule has 1 heterocycles. The van der Waals surface area contributed by atoms with Crippen LogP contribution >= 0.6 is 0 Å². The number of rotatable bonds is 6. The summed E-state index contributed by atoms with van der Waals surface area (Å²) in [6.45, 7) is 1.58. The van der Waals surface area contributed by atoms with Crippen LogP contribution in [0.5, 0.6) is 0 Å². The number of hydrogen-bond donors (Lipinski definition) is 1. The van der Waals surface area contributed by atoms with Crippen LogP contribution in [0.4, 0.5) is 0 Å². The van der Waals surface area contributed by atoms with Crippen molar-refractivity contribution in [1.82, 2.24) is 15.0 Å². The monoisotopic (exact) mass is 265 g/mol. The summed E-state index contributed by atoms with van der Waals surface area (Å²) >= 11 is 0. The lowest BCUT2D eigenvalue weighted by atomic mass is 9.94. The highest BCUT2D eigenvalue weighted by Gasteiger charge is 2.29. The average Bonchev–Trinajstić information content (AvgIpc) is 3.20. The van der Waals surface area contributed by atoms with E-state index in [0.717, 1.165) is 5.82 Å².